The van der Waals surface area contributed by atoms with E-state index >= 15 is 0 Å². The highest BCUT2D eigenvalue weighted by Gasteiger charge is 2.27. The maximum Gasteiger partial charge on any atom is 0.154 e. The first-order chi connectivity index (χ1) is 13.9. The van der Waals surface area contributed by atoms with E-state index in [1.54, 1.807) is 12.1 Å². The second kappa shape index (κ2) is 7.73. The number of aromatic nitrogens is 4. The average Bonchev–Trinajstić information content (AvgIpc) is 2.72. The Labute approximate surface area is 170 Å². The SMILES string of the molecule is Cc1cnc(N2CCN(c3nnc(-c4ccc(F)cc4)c(C)c3C)C[C@H]2C)cn1. The van der Waals surface area contributed by atoms with Crippen molar-refractivity contribution in [1.82, 2.24) is 20.2 Å². The van der Waals surface area contributed by atoms with Crippen molar-refractivity contribution in [1.29, 1.82) is 0 Å². The van der Waals surface area contributed by atoms with Gasteiger partial charge in [-0.15, -0.1) is 10.2 Å². The lowest BCUT2D eigenvalue weighted by molar-refractivity contribution is 0.539. The summed E-state index contributed by atoms with van der Waals surface area (Å²) in [5.41, 5.74) is 4.77. The summed E-state index contributed by atoms with van der Waals surface area (Å²) in [5, 5.41) is 9.02. The smallest absolute Gasteiger partial charge is 0.154 e. The first kappa shape index (κ1) is 19.2. The van der Waals surface area contributed by atoms with Gasteiger partial charge in [-0.05, 0) is 63.1 Å². The van der Waals surface area contributed by atoms with Crippen molar-refractivity contribution in [2.24, 2.45) is 0 Å². The van der Waals surface area contributed by atoms with E-state index < -0.39 is 0 Å². The number of nitrogens with zero attached hydrogens (tertiary/aromatic N) is 6. The lowest BCUT2D eigenvalue weighted by Gasteiger charge is -2.41. The third-order valence-corrected chi connectivity index (χ3v) is 5.60. The van der Waals surface area contributed by atoms with Gasteiger partial charge in [0.05, 0.1) is 23.8 Å². The number of benzene rings is 1. The standard InChI is InChI=1S/C22H25FN6/c1-14-11-25-20(12-24-14)29-10-9-28(13-15(29)2)22-17(4)16(3)21(26-27-22)18-5-7-19(23)8-6-18/h5-8,11-12,15H,9-10,13H2,1-4H3/t15-/m1/s1. The zero-order valence-electron chi connectivity index (χ0n) is 17.2. The summed E-state index contributed by atoms with van der Waals surface area (Å²) in [5.74, 6) is 1.57. The largest absolute Gasteiger partial charge is 0.351 e. The van der Waals surface area contributed by atoms with Crippen LogP contribution in [-0.2, 0) is 0 Å². The van der Waals surface area contributed by atoms with Crippen LogP contribution in [0, 0.1) is 26.6 Å². The molecule has 0 saturated carbocycles. The molecule has 150 valence electrons. The fourth-order valence-corrected chi connectivity index (χ4v) is 3.80. The lowest BCUT2D eigenvalue weighted by Crippen LogP contribution is -2.53. The Kier molecular flexibility index (Phi) is 5.13. The number of hydrogen-bond donors (Lipinski definition) is 0. The van der Waals surface area contributed by atoms with Gasteiger partial charge < -0.3 is 9.80 Å². The van der Waals surface area contributed by atoms with Crippen LogP contribution in [0.4, 0.5) is 16.0 Å². The third kappa shape index (κ3) is 3.77. The first-order valence-electron chi connectivity index (χ1n) is 9.84. The Balaban J connectivity index is 1.55. The van der Waals surface area contributed by atoms with Gasteiger partial charge in [-0.25, -0.2) is 9.37 Å². The summed E-state index contributed by atoms with van der Waals surface area (Å²) in [6.07, 6.45) is 3.65. The van der Waals surface area contributed by atoms with Crippen LogP contribution in [0.5, 0.6) is 0 Å². The second-order valence-corrected chi connectivity index (χ2v) is 7.63. The number of piperazine rings is 1. The Morgan fingerprint density at radius 3 is 2.34 bits per heavy atom. The zero-order chi connectivity index (χ0) is 20.5. The maximum absolute atomic E-state index is 13.2. The molecular formula is C22H25FN6. The molecule has 1 aliphatic rings. The minimum Gasteiger partial charge on any atom is -0.351 e. The third-order valence-electron chi connectivity index (χ3n) is 5.60. The minimum absolute atomic E-state index is 0.252. The number of halogens is 1. The summed E-state index contributed by atoms with van der Waals surface area (Å²) in [6, 6.07) is 6.67. The van der Waals surface area contributed by atoms with Crippen molar-refractivity contribution < 1.29 is 4.39 Å². The van der Waals surface area contributed by atoms with Crippen LogP contribution in [0.2, 0.25) is 0 Å². The van der Waals surface area contributed by atoms with Crippen LogP contribution in [0.15, 0.2) is 36.7 Å². The highest BCUT2D eigenvalue weighted by molar-refractivity contribution is 5.67. The molecule has 4 rings (SSSR count). The van der Waals surface area contributed by atoms with Gasteiger partial charge in [-0.3, -0.25) is 4.98 Å². The molecule has 1 saturated heterocycles. The monoisotopic (exact) mass is 392 g/mol. The second-order valence-electron chi connectivity index (χ2n) is 7.63. The van der Waals surface area contributed by atoms with Crippen molar-refractivity contribution in [2.45, 2.75) is 33.7 Å². The topological polar surface area (TPSA) is 58.0 Å². The molecule has 7 heteroatoms. The molecule has 0 spiro atoms. The Bertz CT molecular complexity index is 1000. The van der Waals surface area contributed by atoms with Gasteiger partial charge in [0.15, 0.2) is 5.82 Å². The maximum atomic E-state index is 13.2. The van der Waals surface area contributed by atoms with E-state index in [2.05, 4.69) is 43.8 Å². The van der Waals surface area contributed by atoms with Crippen LogP contribution in [-0.4, -0.2) is 45.8 Å². The molecule has 1 aliphatic heterocycles. The van der Waals surface area contributed by atoms with E-state index in [4.69, 9.17) is 0 Å². The minimum atomic E-state index is -0.252. The predicted molar refractivity (Wildman–Crippen MR) is 113 cm³/mol. The van der Waals surface area contributed by atoms with Gasteiger partial charge in [0, 0.05) is 31.2 Å². The summed E-state index contributed by atoms with van der Waals surface area (Å²) >= 11 is 0. The number of aryl methyl sites for hydroxylation is 1. The van der Waals surface area contributed by atoms with Crippen molar-refractivity contribution in [2.75, 3.05) is 29.4 Å². The summed E-state index contributed by atoms with van der Waals surface area (Å²) in [7, 11) is 0. The molecule has 2 aromatic heterocycles. The molecular weight excluding hydrogens is 367 g/mol. The molecule has 3 heterocycles. The Morgan fingerprint density at radius 2 is 1.69 bits per heavy atom. The summed E-state index contributed by atoms with van der Waals surface area (Å²) in [6.45, 7) is 10.8. The van der Waals surface area contributed by atoms with Crippen LogP contribution in [0.3, 0.4) is 0 Å². The average molecular weight is 392 g/mol. The lowest BCUT2D eigenvalue weighted by atomic mass is 10.0. The van der Waals surface area contributed by atoms with E-state index in [0.29, 0.717) is 0 Å². The molecule has 29 heavy (non-hydrogen) atoms. The van der Waals surface area contributed by atoms with E-state index in [1.165, 1.54) is 12.1 Å². The molecule has 0 radical (unpaired) electrons. The Hall–Kier alpha value is -3.09. The van der Waals surface area contributed by atoms with Gasteiger partial charge in [-0.1, -0.05) is 0 Å². The molecule has 0 aliphatic carbocycles. The molecule has 1 fully saturated rings. The molecule has 0 bridgehead atoms. The molecule has 3 aromatic rings. The van der Waals surface area contributed by atoms with Crippen LogP contribution in [0.25, 0.3) is 11.3 Å². The fourth-order valence-electron chi connectivity index (χ4n) is 3.80. The van der Waals surface area contributed by atoms with Gasteiger partial charge in [0.25, 0.3) is 0 Å². The number of rotatable bonds is 3. The summed E-state index contributed by atoms with van der Waals surface area (Å²) < 4.78 is 13.2. The van der Waals surface area contributed by atoms with E-state index in [9.17, 15) is 4.39 Å². The molecule has 0 amide bonds. The quantitative estimate of drug-likeness (QED) is 0.677. The molecule has 1 atom stereocenters. The van der Waals surface area contributed by atoms with Crippen LogP contribution >= 0.6 is 0 Å². The first-order valence-corrected chi connectivity index (χ1v) is 9.84. The highest BCUT2D eigenvalue weighted by atomic mass is 19.1. The van der Waals surface area contributed by atoms with Gasteiger partial charge >= 0.3 is 0 Å². The van der Waals surface area contributed by atoms with Crippen LogP contribution in [0.1, 0.15) is 23.7 Å². The van der Waals surface area contributed by atoms with E-state index in [1.807, 2.05) is 26.2 Å². The summed E-state index contributed by atoms with van der Waals surface area (Å²) in [4.78, 5) is 13.5. The molecule has 0 unspecified atom stereocenters. The van der Waals surface area contributed by atoms with Gasteiger partial charge in [0.1, 0.15) is 11.6 Å². The van der Waals surface area contributed by atoms with E-state index in [-0.39, 0.29) is 11.9 Å². The number of hydrogen-bond acceptors (Lipinski definition) is 6. The fraction of sp³-hybridized carbons (Fsp3) is 0.364. The molecule has 1 aromatic carbocycles. The van der Waals surface area contributed by atoms with Crippen molar-refractivity contribution in [3.63, 3.8) is 0 Å². The molecule has 0 N–H and O–H groups in total. The van der Waals surface area contributed by atoms with Crippen molar-refractivity contribution in [3.8, 4) is 11.3 Å². The Morgan fingerprint density at radius 1 is 0.931 bits per heavy atom. The predicted octanol–water partition coefficient (Wildman–Crippen LogP) is 3.71. The normalized spacial score (nSPS) is 16.9. The van der Waals surface area contributed by atoms with Gasteiger partial charge in [-0.2, -0.15) is 0 Å². The van der Waals surface area contributed by atoms with E-state index in [0.717, 1.165) is 59.3 Å². The highest BCUT2D eigenvalue weighted by Crippen LogP contribution is 2.29. The zero-order valence-corrected chi connectivity index (χ0v) is 17.2. The van der Waals surface area contributed by atoms with Crippen molar-refractivity contribution >= 4 is 11.6 Å². The van der Waals surface area contributed by atoms with Crippen molar-refractivity contribution in [3.05, 3.63) is 59.3 Å². The van der Waals surface area contributed by atoms with Crippen LogP contribution < -0.4 is 9.80 Å². The van der Waals surface area contributed by atoms with Gasteiger partial charge in [0.2, 0.25) is 0 Å². The molecule has 6 nitrogen and oxygen atoms in total. The number of anilines is 2.